The number of hydrogen-bond acceptors (Lipinski definition) is 7. The summed E-state index contributed by atoms with van der Waals surface area (Å²) in [5.41, 5.74) is 8.11. The van der Waals surface area contributed by atoms with Gasteiger partial charge in [-0.3, -0.25) is 14.6 Å². The Labute approximate surface area is 190 Å². The molecule has 0 aliphatic carbocycles. The molecule has 3 heterocycles. The number of benzene rings is 2. The summed E-state index contributed by atoms with van der Waals surface area (Å²) in [6.07, 6.45) is 3.09. The zero-order valence-corrected chi connectivity index (χ0v) is 18.0. The molecule has 0 unspecified atom stereocenters. The van der Waals surface area contributed by atoms with Crippen molar-refractivity contribution in [3.8, 4) is 17.0 Å². The van der Waals surface area contributed by atoms with Crippen LogP contribution in [-0.4, -0.2) is 40.3 Å². The maximum absolute atomic E-state index is 13.1. The predicted octanol–water partition coefficient (Wildman–Crippen LogP) is 1.78. The highest BCUT2D eigenvalue weighted by atomic mass is 16.5. The van der Waals surface area contributed by atoms with Gasteiger partial charge in [0.15, 0.2) is 5.54 Å². The van der Waals surface area contributed by atoms with E-state index in [4.69, 9.17) is 10.5 Å². The van der Waals surface area contributed by atoms with Gasteiger partial charge >= 0.3 is 0 Å². The first-order valence-electron chi connectivity index (χ1n) is 10.3. The molecule has 4 N–H and O–H groups in total. The molecule has 1 aromatic heterocycles. The number of aromatic nitrogens is 2. The molecule has 5 rings (SSSR count). The second kappa shape index (κ2) is 7.63. The van der Waals surface area contributed by atoms with Gasteiger partial charge in [-0.05, 0) is 23.3 Å². The number of nitrogen functional groups attached to an aromatic ring is 1. The number of nitrogens with zero attached hydrogens (tertiary/aromatic N) is 3. The molecule has 1 saturated heterocycles. The molecule has 9 nitrogen and oxygen atoms in total. The lowest BCUT2D eigenvalue weighted by Gasteiger charge is -2.32. The Morgan fingerprint density at radius 2 is 1.94 bits per heavy atom. The number of fused-ring (bicyclic) bond motifs is 1. The quantitative estimate of drug-likeness (QED) is 0.550. The van der Waals surface area contributed by atoms with Gasteiger partial charge in [0.2, 0.25) is 0 Å². The van der Waals surface area contributed by atoms with Gasteiger partial charge in [0.25, 0.3) is 11.8 Å². The summed E-state index contributed by atoms with van der Waals surface area (Å²) >= 11 is 0. The van der Waals surface area contributed by atoms with Crippen LogP contribution in [0.4, 0.5) is 5.82 Å². The van der Waals surface area contributed by atoms with Crippen LogP contribution in [-0.2, 0) is 16.9 Å². The third-order valence-electron chi connectivity index (χ3n) is 5.99. The lowest BCUT2D eigenvalue weighted by atomic mass is 9.88. The summed E-state index contributed by atoms with van der Waals surface area (Å²) in [5, 5.41) is 5.93. The fourth-order valence-electron chi connectivity index (χ4n) is 4.29. The summed E-state index contributed by atoms with van der Waals surface area (Å²) < 4.78 is 5.26. The van der Waals surface area contributed by atoms with Crippen molar-refractivity contribution in [1.29, 1.82) is 0 Å². The van der Waals surface area contributed by atoms with Crippen LogP contribution in [0, 0.1) is 0 Å². The average molecular weight is 442 g/mol. The number of ether oxygens (including phenoxy) is 1. The molecule has 2 aromatic carbocycles. The highest BCUT2D eigenvalue weighted by Crippen LogP contribution is 2.34. The largest absolute Gasteiger partial charge is 0.497 e. The Bertz CT molecular complexity index is 1270. The van der Waals surface area contributed by atoms with E-state index in [0.717, 1.165) is 11.1 Å². The number of amides is 2. The van der Waals surface area contributed by atoms with E-state index in [9.17, 15) is 9.59 Å². The molecule has 2 aliphatic rings. The van der Waals surface area contributed by atoms with Crippen LogP contribution in [0.15, 0.2) is 67.3 Å². The predicted molar refractivity (Wildman–Crippen MR) is 122 cm³/mol. The van der Waals surface area contributed by atoms with E-state index in [1.165, 1.54) is 6.20 Å². The van der Waals surface area contributed by atoms with Gasteiger partial charge in [0.05, 0.1) is 37.6 Å². The van der Waals surface area contributed by atoms with E-state index in [1.807, 2.05) is 36.4 Å². The van der Waals surface area contributed by atoms with E-state index in [1.54, 1.807) is 24.3 Å². The molecular formula is C24H22N6O3. The third-order valence-corrected chi connectivity index (χ3v) is 5.99. The van der Waals surface area contributed by atoms with Crippen molar-refractivity contribution < 1.29 is 14.3 Å². The van der Waals surface area contributed by atoms with Crippen molar-refractivity contribution in [2.24, 2.45) is 0 Å². The topological polar surface area (TPSA) is 122 Å². The summed E-state index contributed by atoms with van der Waals surface area (Å²) in [6, 6.07) is 12.8. The zero-order chi connectivity index (χ0) is 23.2. The normalized spacial score (nSPS) is 19.3. The van der Waals surface area contributed by atoms with Crippen molar-refractivity contribution in [2.75, 3.05) is 19.4 Å². The first kappa shape index (κ1) is 20.5. The number of rotatable bonds is 5. The summed E-state index contributed by atoms with van der Waals surface area (Å²) in [5.74, 6) is 0.927. The van der Waals surface area contributed by atoms with Crippen molar-refractivity contribution in [1.82, 2.24) is 25.5 Å². The van der Waals surface area contributed by atoms with Crippen LogP contribution < -0.4 is 21.1 Å². The number of anilines is 1. The number of nitrogens with one attached hydrogen (secondary N) is 2. The van der Waals surface area contributed by atoms with E-state index >= 15 is 0 Å². The number of methoxy groups -OCH3 is 1. The highest BCUT2D eigenvalue weighted by Gasteiger charge is 2.48. The Morgan fingerprint density at radius 1 is 1.15 bits per heavy atom. The smallest absolute Gasteiger partial charge is 0.257 e. The first-order valence-corrected chi connectivity index (χ1v) is 10.3. The third kappa shape index (κ3) is 3.43. The van der Waals surface area contributed by atoms with Crippen LogP contribution >= 0.6 is 0 Å². The second-order valence-corrected chi connectivity index (χ2v) is 8.05. The molecule has 2 aliphatic heterocycles. The van der Waals surface area contributed by atoms with Gasteiger partial charge < -0.3 is 26.0 Å². The van der Waals surface area contributed by atoms with Crippen molar-refractivity contribution in [3.05, 3.63) is 83.9 Å². The molecule has 0 saturated carbocycles. The van der Waals surface area contributed by atoms with Crippen LogP contribution in [0.1, 0.15) is 21.5 Å². The fourth-order valence-corrected chi connectivity index (χ4v) is 4.29. The van der Waals surface area contributed by atoms with E-state index < -0.39 is 5.54 Å². The minimum Gasteiger partial charge on any atom is -0.497 e. The second-order valence-electron chi connectivity index (χ2n) is 8.05. The number of hydrogen-bond donors (Lipinski definition) is 3. The van der Waals surface area contributed by atoms with E-state index in [-0.39, 0.29) is 18.4 Å². The monoisotopic (exact) mass is 442 g/mol. The molecule has 0 bridgehead atoms. The lowest BCUT2D eigenvalue weighted by Crippen LogP contribution is -2.52. The zero-order valence-electron chi connectivity index (χ0n) is 18.0. The van der Waals surface area contributed by atoms with Gasteiger partial charge in [0, 0.05) is 17.7 Å². The molecule has 166 valence electrons. The lowest BCUT2D eigenvalue weighted by molar-refractivity contribution is -0.124. The van der Waals surface area contributed by atoms with Crippen molar-refractivity contribution >= 4 is 17.6 Å². The fraction of sp³-hybridized carbons (Fsp3) is 0.167. The van der Waals surface area contributed by atoms with Gasteiger partial charge in [0.1, 0.15) is 11.6 Å². The highest BCUT2D eigenvalue weighted by molar-refractivity contribution is 6.00. The van der Waals surface area contributed by atoms with Gasteiger partial charge in [-0.2, -0.15) is 0 Å². The molecule has 33 heavy (non-hydrogen) atoms. The van der Waals surface area contributed by atoms with Crippen LogP contribution in [0.3, 0.4) is 0 Å². The van der Waals surface area contributed by atoms with E-state index in [2.05, 4.69) is 27.2 Å². The maximum Gasteiger partial charge on any atom is 0.257 e. The first-order chi connectivity index (χ1) is 15.9. The number of carbonyl (C=O) groups is 2. The molecule has 3 aromatic rings. The Morgan fingerprint density at radius 3 is 2.58 bits per heavy atom. The van der Waals surface area contributed by atoms with E-state index in [0.29, 0.717) is 40.8 Å². The molecule has 0 radical (unpaired) electrons. The number of carbonyl (C=O) groups excluding carboxylic acids is 2. The van der Waals surface area contributed by atoms with Crippen LogP contribution in [0.2, 0.25) is 0 Å². The van der Waals surface area contributed by atoms with Gasteiger partial charge in [-0.1, -0.05) is 36.9 Å². The van der Waals surface area contributed by atoms with Gasteiger partial charge in [-0.25, -0.2) is 4.98 Å². The molecule has 1 atom stereocenters. The van der Waals surface area contributed by atoms with Crippen LogP contribution in [0.25, 0.3) is 11.3 Å². The Balaban J connectivity index is 1.47. The molecular weight excluding hydrogens is 420 g/mol. The molecule has 0 spiro atoms. The minimum absolute atomic E-state index is 0.134. The SMILES string of the molecule is C=C1NC(=O)[C@@](CN2Cc3ccc(OC)cc3C2=O)(c2ccc(-c3cnc(N)cn3)cc2)N1. The average Bonchev–Trinajstić information content (AvgIpc) is 3.29. The Hall–Kier alpha value is -4.40. The van der Waals surface area contributed by atoms with Crippen LogP contribution in [0.5, 0.6) is 5.75 Å². The Kier molecular flexibility index (Phi) is 4.74. The van der Waals surface area contributed by atoms with Gasteiger partial charge in [-0.15, -0.1) is 0 Å². The molecule has 9 heteroatoms. The van der Waals surface area contributed by atoms with Crippen molar-refractivity contribution in [2.45, 2.75) is 12.1 Å². The summed E-state index contributed by atoms with van der Waals surface area (Å²) in [7, 11) is 1.56. The minimum atomic E-state index is -1.18. The molecule has 2 amide bonds. The van der Waals surface area contributed by atoms with Crippen molar-refractivity contribution in [3.63, 3.8) is 0 Å². The standard InChI is InChI=1S/C24H22N6O3/c1-14-28-23(32)24(29-14,13-30-12-16-5-8-18(33-2)9-19(16)22(30)31)17-6-3-15(4-7-17)20-10-27-21(25)11-26-20/h3-11,29H,1,12-13H2,2H3,(H2,25,27)(H,28,32)/t24-/m1/s1. The summed E-state index contributed by atoms with van der Waals surface area (Å²) in [6.45, 7) is 4.40. The molecule has 1 fully saturated rings. The summed E-state index contributed by atoms with van der Waals surface area (Å²) in [4.78, 5) is 36.3. The number of nitrogens with two attached hydrogens (primary N) is 1. The maximum atomic E-state index is 13.1.